The van der Waals surface area contributed by atoms with Crippen LogP contribution < -0.4 is 4.90 Å². The molecule has 1 N–H and O–H groups in total. The van der Waals surface area contributed by atoms with Crippen molar-refractivity contribution >= 4 is 47.3 Å². The Morgan fingerprint density at radius 2 is 1.49 bits per heavy atom. The van der Waals surface area contributed by atoms with E-state index in [0.717, 1.165) is 9.80 Å². The molecule has 14 heteroatoms. The number of piperidine rings is 3. The van der Waals surface area contributed by atoms with Crippen molar-refractivity contribution in [3.05, 3.63) is 29.3 Å². The molecule has 1 aromatic rings. The number of benzene rings is 1. The van der Waals surface area contributed by atoms with E-state index in [2.05, 4.69) is 0 Å². The Labute approximate surface area is 260 Å². The van der Waals surface area contributed by atoms with Crippen molar-refractivity contribution in [2.75, 3.05) is 37.8 Å². The third-order valence-corrected chi connectivity index (χ3v) is 8.72. The fourth-order valence-electron chi connectivity index (χ4n) is 6.18. The highest BCUT2D eigenvalue weighted by Crippen LogP contribution is 2.33. The summed E-state index contributed by atoms with van der Waals surface area (Å²) < 4.78 is 10.7. The smallest absolute Gasteiger partial charge is 0.410 e. The zero-order valence-electron chi connectivity index (χ0n) is 25.7. The molecule has 0 spiro atoms. The van der Waals surface area contributed by atoms with Crippen molar-refractivity contribution in [3.8, 4) is 0 Å². The molecule has 5 amide bonds. The van der Waals surface area contributed by atoms with Crippen LogP contribution in [0.4, 0.5) is 10.5 Å². The number of aliphatic carboxylic acids is 1. The molecule has 5 rings (SSSR count). The number of carboxylic acid groups (broad SMARTS) is 1. The summed E-state index contributed by atoms with van der Waals surface area (Å²) in [6.45, 7) is 6.22. The minimum absolute atomic E-state index is 0.0493. The number of nitrogens with zero attached hydrogens (tertiary/aromatic N) is 4. The maximum absolute atomic E-state index is 13.5. The Hall–Kier alpha value is -4.49. The van der Waals surface area contributed by atoms with Gasteiger partial charge in [0.05, 0.1) is 23.0 Å². The second-order valence-corrected chi connectivity index (χ2v) is 12.9. The molecule has 1 atom stereocenters. The van der Waals surface area contributed by atoms with E-state index >= 15 is 0 Å². The van der Waals surface area contributed by atoms with Gasteiger partial charge in [-0.1, -0.05) is 0 Å². The average molecular weight is 627 g/mol. The Morgan fingerprint density at radius 3 is 2.11 bits per heavy atom. The summed E-state index contributed by atoms with van der Waals surface area (Å²) in [5.41, 5.74) is 0.315. The summed E-state index contributed by atoms with van der Waals surface area (Å²) in [6, 6.07) is 3.58. The van der Waals surface area contributed by atoms with Crippen LogP contribution in [0.2, 0.25) is 0 Å². The second-order valence-electron chi connectivity index (χ2n) is 12.9. The third kappa shape index (κ3) is 6.64. The van der Waals surface area contributed by atoms with Crippen LogP contribution in [0.5, 0.6) is 0 Å². The van der Waals surface area contributed by atoms with Crippen molar-refractivity contribution in [1.29, 1.82) is 0 Å². The topological polar surface area (TPSA) is 171 Å². The molecule has 1 unspecified atom stereocenters. The number of rotatable bonds is 6. The largest absolute Gasteiger partial charge is 0.481 e. The fourth-order valence-corrected chi connectivity index (χ4v) is 6.18. The highest BCUT2D eigenvalue weighted by atomic mass is 16.6. The van der Waals surface area contributed by atoms with Crippen molar-refractivity contribution in [1.82, 2.24) is 14.7 Å². The van der Waals surface area contributed by atoms with Gasteiger partial charge in [0.15, 0.2) is 6.73 Å². The van der Waals surface area contributed by atoms with Crippen LogP contribution in [0.3, 0.4) is 0 Å². The van der Waals surface area contributed by atoms with Gasteiger partial charge in [-0.25, -0.2) is 9.69 Å². The van der Waals surface area contributed by atoms with E-state index in [1.165, 1.54) is 11.0 Å². The molecule has 3 saturated heterocycles. The summed E-state index contributed by atoms with van der Waals surface area (Å²) in [7, 11) is 0. The van der Waals surface area contributed by atoms with E-state index in [1.54, 1.807) is 32.9 Å². The maximum atomic E-state index is 13.5. The number of likely N-dealkylation sites (tertiary alicyclic amines) is 2. The van der Waals surface area contributed by atoms with Crippen molar-refractivity contribution in [2.24, 2.45) is 11.8 Å². The predicted molar refractivity (Wildman–Crippen MR) is 156 cm³/mol. The fraction of sp³-hybridized carbons (Fsp3) is 0.581. The number of imide groups is 2. The van der Waals surface area contributed by atoms with Gasteiger partial charge in [-0.3, -0.25) is 33.7 Å². The van der Waals surface area contributed by atoms with Crippen molar-refractivity contribution < 1.29 is 48.1 Å². The lowest BCUT2D eigenvalue weighted by atomic mass is 9.96. The number of carboxylic acids is 1. The number of hydrogen-bond acceptors (Lipinski definition) is 10. The lowest BCUT2D eigenvalue weighted by Crippen LogP contribution is -2.56. The first-order valence-corrected chi connectivity index (χ1v) is 15.2. The van der Waals surface area contributed by atoms with Gasteiger partial charge in [-0.2, -0.15) is 0 Å². The Morgan fingerprint density at radius 1 is 0.867 bits per heavy atom. The Kier molecular flexibility index (Phi) is 8.86. The van der Waals surface area contributed by atoms with Gasteiger partial charge in [0.2, 0.25) is 5.91 Å². The first-order chi connectivity index (χ1) is 21.2. The first-order valence-electron chi connectivity index (χ1n) is 15.2. The van der Waals surface area contributed by atoms with Gasteiger partial charge < -0.3 is 24.4 Å². The van der Waals surface area contributed by atoms with E-state index < -0.39 is 71.9 Å². The van der Waals surface area contributed by atoms with Gasteiger partial charge in [-0.15, -0.1) is 0 Å². The van der Waals surface area contributed by atoms with Gasteiger partial charge >= 0.3 is 18.0 Å². The number of carbonyl (C=O) groups is 7. The molecular formula is C31H38N4O10. The molecule has 0 aliphatic carbocycles. The summed E-state index contributed by atoms with van der Waals surface area (Å²) in [5, 5.41) is 9.27. The maximum Gasteiger partial charge on any atom is 0.410 e. The van der Waals surface area contributed by atoms with Gasteiger partial charge in [0.1, 0.15) is 11.6 Å². The summed E-state index contributed by atoms with van der Waals surface area (Å²) in [6.07, 6.45) is 0.943. The highest BCUT2D eigenvalue weighted by molar-refractivity contribution is 6.23. The normalized spacial score (nSPS) is 21.7. The molecule has 0 radical (unpaired) electrons. The zero-order valence-corrected chi connectivity index (χ0v) is 25.7. The molecule has 242 valence electrons. The van der Waals surface area contributed by atoms with E-state index in [-0.39, 0.29) is 24.0 Å². The van der Waals surface area contributed by atoms with Crippen LogP contribution in [0.15, 0.2) is 18.2 Å². The molecule has 3 fully saturated rings. The highest BCUT2D eigenvalue weighted by Gasteiger charge is 2.47. The summed E-state index contributed by atoms with van der Waals surface area (Å²) in [4.78, 5) is 94.4. The molecule has 45 heavy (non-hydrogen) atoms. The lowest BCUT2D eigenvalue weighted by Gasteiger charge is -2.35. The van der Waals surface area contributed by atoms with Crippen LogP contribution in [0.1, 0.15) is 80.0 Å². The SMILES string of the molecule is CC(C)(C)OC(=O)N1CCC(C(=O)OCN2C(=O)CCC(N3C(=O)c4ccc(N5CCC(C(=O)O)CC5)cc4C3=O)C2=O)CC1. The molecule has 4 aliphatic rings. The molecule has 0 aromatic heterocycles. The van der Waals surface area contributed by atoms with Gasteiger partial charge in [-0.05, 0) is 71.1 Å². The van der Waals surface area contributed by atoms with E-state index in [0.29, 0.717) is 57.5 Å². The average Bonchev–Trinajstić information content (AvgIpc) is 3.25. The monoisotopic (exact) mass is 626 g/mol. The first kappa shape index (κ1) is 31.9. The Balaban J connectivity index is 1.19. The Bertz CT molecular complexity index is 1420. The minimum Gasteiger partial charge on any atom is -0.481 e. The number of esters is 1. The number of anilines is 1. The predicted octanol–water partition coefficient (Wildman–Crippen LogP) is 2.25. The molecule has 1 aromatic carbocycles. The molecular weight excluding hydrogens is 588 g/mol. The number of amides is 5. The summed E-state index contributed by atoms with van der Waals surface area (Å²) >= 11 is 0. The number of ether oxygens (including phenoxy) is 2. The number of carbonyl (C=O) groups excluding carboxylic acids is 6. The van der Waals surface area contributed by atoms with Crippen LogP contribution in [0, 0.1) is 11.8 Å². The molecule has 4 heterocycles. The van der Waals surface area contributed by atoms with E-state index in [1.807, 2.05) is 4.90 Å². The molecule has 0 bridgehead atoms. The molecule has 4 aliphatic heterocycles. The zero-order chi connectivity index (χ0) is 32.6. The summed E-state index contributed by atoms with van der Waals surface area (Å²) in [5.74, 6) is -5.08. The van der Waals surface area contributed by atoms with Crippen LogP contribution in [0.25, 0.3) is 0 Å². The van der Waals surface area contributed by atoms with Crippen LogP contribution >= 0.6 is 0 Å². The van der Waals surface area contributed by atoms with E-state index in [4.69, 9.17) is 9.47 Å². The van der Waals surface area contributed by atoms with Gasteiger partial charge in [0, 0.05) is 38.3 Å². The van der Waals surface area contributed by atoms with Crippen molar-refractivity contribution in [3.63, 3.8) is 0 Å². The third-order valence-electron chi connectivity index (χ3n) is 8.72. The van der Waals surface area contributed by atoms with Crippen LogP contribution in [-0.4, -0.2) is 106 Å². The molecule has 14 nitrogen and oxygen atoms in total. The molecule has 0 saturated carbocycles. The van der Waals surface area contributed by atoms with Gasteiger partial charge in [0.25, 0.3) is 17.7 Å². The second kappa shape index (κ2) is 12.5. The minimum atomic E-state index is -1.24. The number of hydrogen-bond donors (Lipinski definition) is 1. The quantitative estimate of drug-likeness (QED) is 0.363. The number of fused-ring (bicyclic) bond motifs is 1. The lowest BCUT2D eigenvalue weighted by molar-refractivity contribution is -0.166. The standard InChI is InChI=1S/C31H38N4O10/c1-31(2,3)45-30(43)33-14-10-19(11-15-33)29(42)44-17-34-24(36)7-6-23(27(34)39)35-25(37)21-5-4-20(16-22(21)26(35)38)32-12-8-18(9-13-32)28(40)41/h4-5,16,18-19,23H,6-15,17H2,1-3H3,(H,40,41). The van der Waals surface area contributed by atoms with Crippen LogP contribution in [-0.2, 0) is 28.7 Å². The van der Waals surface area contributed by atoms with Crippen molar-refractivity contribution in [2.45, 2.75) is 70.9 Å². The van der Waals surface area contributed by atoms with E-state index in [9.17, 15) is 38.7 Å².